The molecule has 0 saturated heterocycles. The molecule has 0 aliphatic heterocycles. The Morgan fingerprint density at radius 1 is 1.29 bits per heavy atom. The maximum absolute atomic E-state index is 9.31. The summed E-state index contributed by atoms with van der Waals surface area (Å²) in [6.07, 6.45) is 3.75. The van der Waals surface area contributed by atoms with Crippen molar-refractivity contribution >= 4 is 43.1 Å². The number of fused-ring (bicyclic) bond motifs is 2. The molecule has 102 valence electrons. The third-order valence-corrected chi connectivity index (χ3v) is 4.51. The van der Waals surface area contributed by atoms with E-state index in [9.17, 15) is 5.26 Å². The lowest BCUT2D eigenvalue weighted by Gasteiger charge is -1.98. The van der Waals surface area contributed by atoms with Crippen LogP contribution in [-0.4, -0.2) is 24.4 Å². The van der Waals surface area contributed by atoms with Gasteiger partial charge in [-0.15, -0.1) is 5.10 Å². The highest BCUT2D eigenvalue weighted by Crippen LogP contribution is 2.28. The molecule has 4 rings (SSSR count). The molecule has 0 fully saturated rings. The van der Waals surface area contributed by atoms with Gasteiger partial charge in [-0.3, -0.25) is 4.68 Å². The second-order valence-electron chi connectivity index (χ2n) is 4.58. The molecule has 0 atom stereocenters. The summed E-state index contributed by atoms with van der Waals surface area (Å²) >= 11 is 4.80. The zero-order chi connectivity index (χ0) is 14.6. The van der Waals surface area contributed by atoms with Gasteiger partial charge in [0.05, 0.1) is 17.5 Å². The summed E-state index contributed by atoms with van der Waals surface area (Å²) in [6, 6.07) is 6.01. The van der Waals surface area contributed by atoms with Gasteiger partial charge in [0, 0.05) is 24.2 Å². The van der Waals surface area contributed by atoms with E-state index in [0.29, 0.717) is 11.1 Å². The van der Waals surface area contributed by atoms with Crippen molar-refractivity contribution < 1.29 is 0 Å². The maximum atomic E-state index is 9.31. The molecular weight excluding hydrogens is 352 g/mol. The van der Waals surface area contributed by atoms with Gasteiger partial charge < -0.3 is 0 Å². The van der Waals surface area contributed by atoms with Gasteiger partial charge >= 0.3 is 0 Å². The summed E-state index contributed by atoms with van der Waals surface area (Å²) < 4.78 is 4.22. The van der Waals surface area contributed by atoms with Gasteiger partial charge in [-0.2, -0.15) is 10.4 Å². The van der Waals surface area contributed by atoms with Crippen LogP contribution in [0.2, 0.25) is 0 Å². The van der Waals surface area contributed by atoms with E-state index in [1.54, 1.807) is 9.20 Å². The van der Waals surface area contributed by atoms with Crippen LogP contribution in [0, 0.1) is 11.3 Å². The number of nitrogens with zero attached hydrogens (tertiary/aromatic N) is 6. The Kier molecular flexibility index (Phi) is 2.60. The second-order valence-corrected chi connectivity index (χ2v) is 6.82. The van der Waals surface area contributed by atoms with Crippen LogP contribution >= 0.6 is 27.3 Å². The molecule has 0 bridgehead atoms. The Balaban J connectivity index is 1.96. The molecule has 0 spiro atoms. The van der Waals surface area contributed by atoms with Crippen LogP contribution in [-0.2, 0) is 7.05 Å². The molecule has 3 aromatic heterocycles. The molecule has 0 saturated carbocycles. The summed E-state index contributed by atoms with van der Waals surface area (Å²) in [5.41, 5.74) is 2.95. The van der Waals surface area contributed by atoms with Crippen molar-refractivity contribution in [3.8, 4) is 17.3 Å². The standard InChI is InChI=1S/C13H7BrN6S/c1-19-5-9-3-7(2-8(4-15)11(9)17-19)10-6-20-13(16-10)21-12(14)18-20/h2-3,5-6H,1H3. The van der Waals surface area contributed by atoms with E-state index in [2.05, 4.69) is 37.2 Å². The fourth-order valence-corrected chi connectivity index (χ4v) is 3.52. The number of rotatable bonds is 1. The third kappa shape index (κ3) is 1.93. The van der Waals surface area contributed by atoms with E-state index in [0.717, 1.165) is 25.5 Å². The van der Waals surface area contributed by atoms with Crippen LogP contribution in [0.5, 0.6) is 0 Å². The van der Waals surface area contributed by atoms with Crippen LogP contribution < -0.4 is 0 Å². The first kappa shape index (κ1) is 12.5. The number of halogens is 1. The summed E-state index contributed by atoms with van der Waals surface area (Å²) in [5, 5.41) is 18.8. The normalized spacial score (nSPS) is 11.3. The maximum Gasteiger partial charge on any atom is 0.213 e. The Labute approximate surface area is 131 Å². The monoisotopic (exact) mass is 358 g/mol. The van der Waals surface area contributed by atoms with Gasteiger partial charge in [0.25, 0.3) is 0 Å². The number of aromatic nitrogens is 5. The fraction of sp³-hybridized carbons (Fsp3) is 0.0769. The predicted octanol–water partition coefficient (Wildman–Crippen LogP) is 2.98. The predicted molar refractivity (Wildman–Crippen MR) is 83.0 cm³/mol. The van der Waals surface area contributed by atoms with E-state index in [1.165, 1.54) is 11.3 Å². The van der Waals surface area contributed by atoms with E-state index in [-0.39, 0.29) is 0 Å². The topological polar surface area (TPSA) is 71.8 Å². The van der Waals surface area contributed by atoms with Gasteiger partial charge in [0.15, 0.2) is 3.92 Å². The molecule has 8 heteroatoms. The molecule has 0 unspecified atom stereocenters. The van der Waals surface area contributed by atoms with Crippen molar-refractivity contribution in [2.75, 3.05) is 0 Å². The van der Waals surface area contributed by atoms with E-state index in [1.807, 2.05) is 31.6 Å². The lowest BCUT2D eigenvalue weighted by atomic mass is 10.1. The van der Waals surface area contributed by atoms with Gasteiger partial charge in [-0.25, -0.2) is 9.50 Å². The summed E-state index contributed by atoms with van der Waals surface area (Å²) in [6.45, 7) is 0. The molecule has 0 aliphatic carbocycles. The second kappa shape index (κ2) is 4.38. The summed E-state index contributed by atoms with van der Waals surface area (Å²) in [5.74, 6) is 0. The number of nitriles is 1. The van der Waals surface area contributed by atoms with Crippen LogP contribution in [0.15, 0.2) is 28.4 Å². The van der Waals surface area contributed by atoms with Crippen LogP contribution in [0.1, 0.15) is 5.56 Å². The van der Waals surface area contributed by atoms with Crippen LogP contribution in [0.4, 0.5) is 0 Å². The molecule has 0 N–H and O–H groups in total. The number of imidazole rings is 1. The Morgan fingerprint density at radius 2 is 2.14 bits per heavy atom. The average molecular weight is 359 g/mol. The summed E-state index contributed by atoms with van der Waals surface area (Å²) in [7, 11) is 1.84. The average Bonchev–Trinajstić information content (AvgIpc) is 3.08. The zero-order valence-electron chi connectivity index (χ0n) is 10.8. The lowest BCUT2D eigenvalue weighted by Crippen LogP contribution is -1.87. The van der Waals surface area contributed by atoms with E-state index >= 15 is 0 Å². The largest absolute Gasteiger partial charge is 0.275 e. The first-order valence-corrected chi connectivity index (χ1v) is 7.64. The quantitative estimate of drug-likeness (QED) is 0.524. The van der Waals surface area contributed by atoms with Crippen molar-refractivity contribution in [2.24, 2.45) is 7.05 Å². The Morgan fingerprint density at radius 3 is 2.90 bits per heavy atom. The smallest absolute Gasteiger partial charge is 0.213 e. The van der Waals surface area contributed by atoms with Crippen molar-refractivity contribution in [3.63, 3.8) is 0 Å². The molecule has 0 amide bonds. The minimum Gasteiger partial charge on any atom is -0.275 e. The molecule has 0 radical (unpaired) electrons. The van der Waals surface area contributed by atoms with Crippen molar-refractivity contribution in [3.05, 3.63) is 34.0 Å². The zero-order valence-corrected chi connectivity index (χ0v) is 13.2. The van der Waals surface area contributed by atoms with Crippen molar-refractivity contribution in [2.45, 2.75) is 0 Å². The SMILES string of the molecule is Cn1cc2cc(-c3cn4nc(Br)sc4n3)cc(C#N)c2n1. The van der Waals surface area contributed by atoms with E-state index in [4.69, 9.17) is 0 Å². The molecule has 3 heterocycles. The first-order chi connectivity index (χ1) is 10.1. The van der Waals surface area contributed by atoms with Crippen molar-refractivity contribution in [1.29, 1.82) is 5.26 Å². The minimum absolute atomic E-state index is 0.550. The molecule has 4 aromatic rings. The number of hydrogen-bond donors (Lipinski definition) is 0. The van der Waals surface area contributed by atoms with Gasteiger partial charge in [-0.05, 0) is 28.1 Å². The molecule has 21 heavy (non-hydrogen) atoms. The number of benzene rings is 1. The first-order valence-electron chi connectivity index (χ1n) is 6.03. The summed E-state index contributed by atoms with van der Waals surface area (Å²) in [4.78, 5) is 5.35. The highest BCUT2D eigenvalue weighted by molar-refractivity contribution is 9.11. The Hall–Kier alpha value is -2.24. The molecule has 1 aromatic carbocycles. The minimum atomic E-state index is 0.550. The number of hydrogen-bond acceptors (Lipinski definition) is 5. The molecular formula is C13H7BrN6S. The third-order valence-electron chi connectivity index (χ3n) is 3.16. The van der Waals surface area contributed by atoms with Crippen LogP contribution in [0.3, 0.4) is 0 Å². The van der Waals surface area contributed by atoms with Gasteiger partial charge in [0.2, 0.25) is 4.96 Å². The Bertz CT molecular complexity index is 1000. The van der Waals surface area contributed by atoms with Gasteiger partial charge in [-0.1, -0.05) is 11.3 Å². The molecule has 0 aliphatic rings. The van der Waals surface area contributed by atoms with E-state index < -0.39 is 0 Å². The van der Waals surface area contributed by atoms with Crippen molar-refractivity contribution in [1.82, 2.24) is 24.4 Å². The number of aryl methyl sites for hydroxylation is 1. The van der Waals surface area contributed by atoms with Crippen LogP contribution in [0.25, 0.3) is 27.1 Å². The highest BCUT2D eigenvalue weighted by Gasteiger charge is 2.13. The van der Waals surface area contributed by atoms with Gasteiger partial charge in [0.1, 0.15) is 11.6 Å². The lowest BCUT2D eigenvalue weighted by molar-refractivity contribution is 0.779. The fourth-order valence-electron chi connectivity index (χ4n) is 2.30. The highest BCUT2D eigenvalue weighted by atomic mass is 79.9. The molecule has 6 nitrogen and oxygen atoms in total.